The van der Waals surface area contributed by atoms with Crippen molar-refractivity contribution >= 4 is 17.9 Å². The molecule has 0 amide bonds. The van der Waals surface area contributed by atoms with Gasteiger partial charge in [-0.1, -0.05) is 6.08 Å². The third-order valence-corrected chi connectivity index (χ3v) is 4.61. The number of hydrogen-bond acceptors (Lipinski definition) is 7. The second kappa shape index (κ2) is 8.77. The Bertz CT molecular complexity index is 965. The summed E-state index contributed by atoms with van der Waals surface area (Å²) in [6.45, 7) is 6.66. The normalized spacial score (nSPS) is 16.7. The lowest BCUT2D eigenvalue weighted by atomic mass is 9.86. The third kappa shape index (κ3) is 4.08. The third-order valence-electron chi connectivity index (χ3n) is 4.61. The molecule has 0 N–H and O–H groups in total. The first-order valence-electron chi connectivity index (χ1n) is 8.85. The lowest BCUT2D eigenvalue weighted by molar-refractivity contribution is -0.139. The van der Waals surface area contributed by atoms with Crippen molar-refractivity contribution in [3.63, 3.8) is 0 Å². The second-order valence-electron chi connectivity index (χ2n) is 6.48. The average molecular weight is 400 g/mol. The number of carbonyl (C=O) groups excluding carboxylic acids is 3. The van der Waals surface area contributed by atoms with Crippen LogP contribution in [0.5, 0.6) is 0 Å². The van der Waals surface area contributed by atoms with E-state index in [2.05, 4.69) is 0 Å². The van der Waals surface area contributed by atoms with E-state index in [4.69, 9.17) is 18.9 Å². The maximum absolute atomic E-state index is 12.8. The molecule has 154 valence electrons. The molecule has 0 aliphatic heterocycles. The molecule has 0 spiro atoms. The van der Waals surface area contributed by atoms with Crippen LogP contribution in [-0.4, -0.2) is 39.2 Å². The summed E-state index contributed by atoms with van der Waals surface area (Å²) in [6.07, 6.45) is 4.88. The number of methoxy groups -OCH3 is 3. The lowest BCUT2D eigenvalue weighted by Gasteiger charge is -2.19. The summed E-state index contributed by atoms with van der Waals surface area (Å²) >= 11 is 0. The van der Waals surface area contributed by atoms with E-state index in [1.807, 2.05) is 6.92 Å². The van der Waals surface area contributed by atoms with Crippen LogP contribution in [0, 0.1) is 0 Å². The average Bonchev–Trinajstić information content (AvgIpc) is 2.90. The first-order chi connectivity index (χ1) is 13.7. The van der Waals surface area contributed by atoms with Crippen LogP contribution < -0.4 is 0 Å². The monoisotopic (exact) mass is 400 g/mol. The summed E-state index contributed by atoms with van der Waals surface area (Å²) < 4.78 is 20.7. The predicted octanol–water partition coefficient (Wildman–Crippen LogP) is 3.21. The van der Waals surface area contributed by atoms with Gasteiger partial charge in [-0.25, -0.2) is 9.59 Å². The maximum Gasteiger partial charge on any atom is 0.339 e. The van der Waals surface area contributed by atoms with Crippen LogP contribution in [0.4, 0.5) is 0 Å². The predicted molar refractivity (Wildman–Crippen MR) is 105 cm³/mol. The molecule has 0 aromatic carbocycles. The molecule has 2 aliphatic rings. The number of carbonyl (C=O) groups is 3. The van der Waals surface area contributed by atoms with Gasteiger partial charge in [-0.2, -0.15) is 0 Å². The molecule has 0 fully saturated rings. The minimum Gasteiger partial charge on any atom is -0.493 e. The molecule has 2 rings (SSSR count). The van der Waals surface area contributed by atoms with Gasteiger partial charge in [0.05, 0.1) is 32.5 Å². The molecule has 0 aromatic rings. The van der Waals surface area contributed by atoms with Gasteiger partial charge in [0.25, 0.3) is 0 Å². The molecule has 0 heterocycles. The Morgan fingerprint density at radius 2 is 1.45 bits per heavy atom. The Labute approximate surface area is 169 Å². The standard InChI is InChI=1S/C22H24O7/c1-11-8-9-15(21(24)27-6)19(22(25)28-7)18-12(2)10-16(26-5)20(29-14(4)23)13(3)17(11)18/h8-10H,1-7H3. The lowest BCUT2D eigenvalue weighted by Crippen LogP contribution is -2.18. The van der Waals surface area contributed by atoms with Gasteiger partial charge >= 0.3 is 17.9 Å². The molecule has 0 radical (unpaired) electrons. The minimum atomic E-state index is -0.687. The zero-order valence-electron chi connectivity index (χ0n) is 17.6. The molecule has 29 heavy (non-hydrogen) atoms. The van der Waals surface area contributed by atoms with E-state index in [9.17, 15) is 14.4 Å². The Morgan fingerprint density at radius 3 is 1.97 bits per heavy atom. The van der Waals surface area contributed by atoms with E-state index >= 15 is 0 Å². The van der Waals surface area contributed by atoms with Gasteiger partial charge in [0.15, 0.2) is 11.5 Å². The topological polar surface area (TPSA) is 88.1 Å². The first-order valence-corrected chi connectivity index (χ1v) is 8.85. The van der Waals surface area contributed by atoms with E-state index in [-0.39, 0.29) is 16.9 Å². The highest BCUT2D eigenvalue weighted by atomic mass is 16.6. The van der Waals surface area contributed by atoms with Gasteiger partial charge in [0, 0.05) is 18.1 Å². The second-order valence-corrected chi connectivity index (χ2v) is 6.48. The molecule has 0 atom stereocenters. The molecule has 0 aromatic heterocycles. The Kier molecular flexibility index (Phi) is 6.64. The molecule has 0 unspecified atom stereocenters. The van der Waals surface area contributed by atoms with E-state index in [0.717, 1.165) is 5.57 Å². The van der Waals surface area contributed by atoms with E-state index in [1.54, 1.807) is 26.0 Å². The fourth-order valence-electron chi connectivity index (χ4n) is 3.36. The van der Waals surface area contributed by atoms with Crippen LogP contribution in [-0.2, 0) is 33.3 Å². The number of fused-ring (bicyclic) bond motifs is 1. The maximum atomic E-state index is 12.8. The number of ether oxygens (including phenoxy) is 4. The number of esters is 3. The highest BCUT2D eigenvalue weighted by Gasteiger charge is 2.33. The molecule has 7 heteroatoms. The van der Waals surface area contributed by atoms with Crippen LogP contribution in [0.15, 0.2) is 68.8 Å². The van der Waals surface area contributed by atoms with Crippen molar-refractivity contribution < 1.29 is 33.3 Å². The smallest absolute Gasteiger partial charge is 0.339 e. The largest absolute Gasteiger partial charge is 0.493 e. The van der Waals surface area contributed by atoms with Crippen LogP contribution >= 0.6 is 0 Å². The number of rotatable bonds is 4. The molecular formula is C22H24O7. The van der Waals surface area contributed by atoms with Crippen molar-refractivity contribution in [1.82, 2.24) is 0 Å². The molecule has 0 bridgehead atoms. The van der Waals surface area contributed by atoms with Crippen molar-refractivity contribution in [1.29, 1.82) is 0 Å². The van der Waals surface area contributed by atoms with Crippen molar-refractivity contribution in [3.05, 3.63) is 68.8 Å². The number of hydrogen-bond donors (Lipinski definition) is 0. The Balaban J connectivity index is 3.02. The van der Waals surface area contributed by atoms with Gasteiger partial charge < -0.3 is 18.9 Å². The van der Waals surface area contributed by atoms with Gasteiger partial charge in [-0.3, -0.25) is 4.79 Å². The molecule has 0 saturated heterocycles. The van der Waals surface area contributed by atoms with Crippen LogP contribution in [0.2, 0.25) is 0 Å². The molecule has 0 saturated carbocycles. The van der Waals surface area contributed by atoms with Gasteiger partial charge in [-0.05, 0) is 49.6 Å². The van der Waals surface area contributed by atoms with Gasteiger partial charge in [0.1, 0.15) is 0 Å². The fraction of sp³-hybridized carbons (Fsp3) is 0.318. The molecule has 7 nitrogen and oxygen atoms in total. The zero-order valence-corrected chi connectivity index (χ0v) is 17.6. The highest BCUT2D eigenvalue weighted by molar-refractivity contribution is 6.09. The van der Waals surface area contributed by atoms with Crippen LogP contribution in [0.25, 0.3) is 0 Å². The van der Waals surface area contributed by atoms with Crippen molar-refractivity contribution in [3.8, 4) is 0 Å². The van der Waals surface area contributed by atoms with Crippen LogP contribution in [0.1, 0.15) is 27.7 Å². The summed E-state index contributed by atoms with van der Waals surface area (Å²) in [7, 11) is 3.94. The molecular weight excluding hydrogens is 376 g/mol. The van der Waals surface area contributed by atoms with E-state index in [0.29, 0.717) is 28.1 Å². The Morgan fingerprint density at radius 1 is 0.828 bits per heavy atom. The Hall–Kier alpha value is -3.35. The van der Waals surface area contributed by atoms with E-state index in [1.165, 1.54) is 34.3 Å². The van der Waals surface area contributed by atoms with Crippen molar-refractivity contribution in [2.75, 3.05) is 21.3 Å². The van der Waals surface area contributed by atoms with Gasteiger partial charge in [0.2, 0.25) is 0 Å². The number of allylic oxidation sites excluding steroid dienone is 8. The summed E-state index contributed by atoms with van der Waals surface area (Å²) in [4.78, 5) is 36.9. The van der Waals surface area contributed by atoms with E-state index < -0.39 is 17.9 Å². The minimum absolute atomic E-state index is 0.0649. The summed E-state index contributed by atoms with van der Waals surface area (Å²) in [6, 6.07) is 0. The van der Waals surface area contributed by atoms with Crippen molar-refractivity contribution in [2.24, 2.45) is 0 Å². The van der Waals surface area contributed by atoms with Crippen molar-refractivity contribution in [2.45, 2.75) is 27.7 Å². The fourth-order valence-corrected chi connectivity index (χ4v) is 3.36. The van der Waals surface area contributed by atoms with Gasteiger partial charge in [-0.15, -0.1) is 0 Å². The highest BCUT2D eigenvalue weighted by Crippen LogP contribution is 2.41. The first kappa shape index (κ1) is 21.9. The van der Waals surface area contributed by atoms with Crippen LogP contribution in [0.3, 0.4) is 0 Å². The quantitative estimate of drug-likeness (QED) is 0.529. The molecule has 2 aliphatic carbocycles. The zero-order chi connectivity index (χ0) is 21.9. The SMILES string of the molecule is COC(=O)C1=CC=C(C)C2=C(C)C(OC(C)=O)=C(OC)C=C(C)C2=C1C(=O)OC. The summed E-state index contributed by atoms with van der Waals surface area (Å²) in [5.41, 5.74) is 3.21. The summed E-state index contributed by atoms with van der Waals surface area (Å²) in [5, 5.41) is 0. The summed E-state index contributed by atoms with van der Waals surface area (Å²) in [5.74, 6) is -1.30.